The summed E-state index contributed by atoms with van der Waals surface area (Å²) in [6.07, 6.45) is 2.93. The van der Waals surface area contributed by atoms with E-state index in [1.165, 1.54) is 24.0 Å². The van der Waals surface area contributed by atoms with Crippen LogP contribution >= 0.6 is 0 Å². The van der Waals surface area contributed by atoms with E-state index in [4.69, 9.17) is 5.73 Å². The Morgan fingerprint density at radius 3 is 2.48 bits per heavy atom. The normalized spacial score (nSPS) is 13.9. The standard InChI is InChI=1S/C18H20N2O/c19-18(21)11-16-3-1-2-4-17(16)20-12-13-5-7-14(8-6-13)15-9-10-15/h1-8,15,20H,9-12H2,(H2,19,21). The van der Waals surface area contributed by atoms with Gasteiger partial charge in [-0.1, -0.05) is 42.5 Å². The summed E-state index contributed by atoms with van der Waals surface area (Å²) in [6, 6.07) is 16.6. The van der Waals surface area contributed by atoms with Crippen molar-refractivity contribution >= 4 is 11.6 Å². The van der Waals surface area contributed by atoms with Crippen molar-refractivity contribution in [2.75, 3.05) is 5.32 Å². The van der Waals surface area contributed by atoms with Crippen molar-refractivity contribution in [3.05, 3.63) is 65.2 Å². The summed E-state index contributed by atoms with van der Waals surface area (Å²) in [5.41, 5.74) is 9.90. The second-order valence-electron chi connectivity index (χ2n) is 5.67. The third-order valence-corrected chi connectivity index (χ3v) is 3.89. The molecular weight excluding hydrogens is 260 g/mol. The van der Waals surface area contributed by atoms with Crippen molar-refractivity contribution in [1.29, 1.82) is 0 Å². The van der Waals surface area contributed by atoms with Crippen molar-refractivity contribution in [2.24, 2.45) is 5.73 Å². The van der Waals surface area contributed by atoms with E-state index in [9.17, 15) is 4.79 Å². The largest absolute Gasteiger partial charge is 0.381 e. The first kappa shape index (κ1) is 13.7. The van der Waals surface area contributed by atoms with Gasteiger partial charge in [0.25, 0.3) is 0 Å². The molecule has 3 heteroatoms. The molecule has 0 unspecified atom stereocenters. The lowest BCUT2D eigenvalue weighted by Crippen LogP contribution is -2.15. The molecule has 1 aliphatic rings. The predicted octanol–water partition coefficient (Wildman–Crippen LogP) is 3.20. The van der Waals surface area contributed by atoms with Crippen LogP contribution in [0.2, 0.25) is 0 Å². The van der Waals surface area contributed by atoms with E-state index in [1.807, 2.05) is 24.3 Å². The number of hydrogen-bond donors (Lipinski definition) is 2. The molecule has 1 aliphatic carbocycles. The molecule has 0 radical (unpaired) electrons. The van der Waals surface area contributed by atoms with Crippen LogP contribution in [-0.4, -0.2) is 5.91 Å². The van der Waals surface area contributed by atoms with Crippen LogP contribution in [0.25, 0.3) is 0 Å². The van der Waals surface area contributed by atoms with Crippen LogP contribution in [0.1, 0.15) is 35.4 Å². The number of amides is 1. The minimum atomic E-state index is -0.307. The van der Waals surface area contributed by atoms with Crippen molar-refractivity contribution in [2.45, 2.75) is 31.7 Å². The molecule has 1 fully saturated rings. The summed E-state index contributed by atoms with van der Waals surface area (Å²) in [5, 5.41) is 3.39. The van der Waals surface area contributed by atoms with Gasteiger partial charge in [-0.25, -0.2) is 0 Å². The molecule has 0 saturated heterocycles. The van der Waals surface area contributed by atoms with Crippen molar-refractivity contribution in [3.8, 4) is 0 Å². The van der Waals surface area contributed by atoms with Gasteiger partial charge in [0.15, 0.2) is 0 Å². The highest BCUT2D eigenvalue weighted by molar-refractivity contribution is 5.78. The fourth-order valence-electron chi connectivity index (χ4n) is 2.56. The van der Waals surface area contributed by atoms with Gasteiger partial charge in [-0.2, -0.15) is 0 Å². The topological polar surface area (TPSA) is 55.1 Å². The summed E-state index contributed by atoms with van der Waals surface area (Å²) in [4.78, 5) is 11.1. The Balaban J connectivity index is 1.65. The quantitative estimate of drug-likeness (QED) is 0.853. The average molecular weight is 280 g/mol. The number of benzene rings is 2. The first-order valence-electron chi connectivity index (χ1n) is 7.41. The number of para-hydroxylation sites is 1. The number of rotatable bonds is 6. The maximum absolute atomic E-state index is 11.1. The van der Waals surface area contributed by atoms with E-state index in [1.54, 1.807) is 0 Å². The van der Waals surface area contributed by atoms with Gasteiger partial charge in [-0.15, -0.1) is 0 Å². The van der Waals surface area contributed by atoms with Gasteiger partial charge in [0.05, 0.1) is 6.42 Å². The Labute approximate surface area is 125 Å². The Morgan fingerprint density at radius 1 is 1.10 bits per heavy atom. The SMILES string of the molecule is NC(=O)Cc1ccccc1NCc1ccc(C2CC2)cc1. The predicted molar refractivity (Wildman–Crippen MR) is 85.1 cm³/mol. The molecule has 3 nitrogen and oxygen atoms in total. The van der Waals surface area contributed by atoms with Crippen molar-refractivity contribution in [3.63, 3.8) is 0 Å². The van der Waals surface area contributed by atoms with Gasteiger partial charge in [0.1, 0.15) is 0 Å². The van der Waals surface area contributed by atoms with Crippen LogP contribution in [0.15, 0.2) is 48.5 Å². The van der Waals surface area contributed by atoms with Gasteiger partial charge in [-0.05, 0) is 41.5 Å². The molecule has 0 spiro atoms. The van der Waals surface area contributed by atoms with Gasteiger partial charge in [0, 0.05) is 12.2 Å². The van der Waals surface area contributed by atoms with Crippen LogP contribution in [0.4, 0.5) is 5.69 Å². The third-order valence-electron chi connectivity index (χ3n) is 3.89. The zero-order chi connectivity index (χ0) is 14.7. The zero-order valence-corrected chi connectivity index (χ0v) is 12.0. The minimum absolute atomic E-state index is 0.268. The van der Waals surface area contributed by atoms with Gasteiger partial charge in [0.2, 0.25) is 5.91 Å². The summed E-state index contributed by atoms with van der Waals surface area (Å²) in [5.74, 6) is 0.487. The summed E-state index contributed by atoms with van der Waals surface area (Å²) >= 11 is 0. The molecule has 1 saturated carbocycles. The van der Waals surface area contributed by atoms with Gasteiger partial charge in [-0.3, -0.25) is 4.79 Å². The molecular formula is C18H20N2O. The molecule has 21 heavy (non-hydrogen) atoms. The third kappa shape index (κ3) is 3.63. The first-order valence-corrected chi connectivity index (χ1v) is 7.41. The molecule has 2 aromatic rings. The Kier molecular flexibility index (Phi) is 3.91. The number of nitrogens with one attached hydrogen (secondary N) is 1. The zero-order valence-electron chi connectivity index (χ0n) is 12.0. The van der Waals surface area contributed by atoms with Crippen LogP contribution < -0.4 is 11.1 Å². The fourth-order valence-corrected chi connectivity index (χ4v) is 2.56. The smallest absolute Gasteiger partial charge is 0.221 e. The fraction of sp³-hybridized carbons (Fsp3) is 0.278. The molecule has 3 N–H and O–H groups in total. The molecule has 0 aromatic heterocycles. The highest BCUT2D eigenvalue weighted by Gasteiger charge is 2.22. The highest BCUT2D eigenvalue weighted by atomic mass is 16.1. The van der Waals surface area contributed by atoms with E-state index in [0.717, 1.165) is 23.7 Å². The molecule has 0 heterocycles. The van der Waals surface area contributed by atoms with Gasteiger partial charge < -0.3 is 11.1 Å². The van der Waals surface area contributed by atoms with Crippen LogP contribution in [0.5, 0.6) is 0 Å². The number of primary amides is 1. The molecule has 0 aliphatic heterocycles. The lowest BCUT2D eigenvalue weighted by molar-refractivity contribution is -0.117. The second-order valence-corrected chi connectivity index (χ2v) is 5.67. The molecule has 0 atom stereocenters. The number of anilines is 1. The number of hydrogen-bond acceptors (Lipinski definition) is 2. The Hall–Kier alpha value is -2.29. The lowest BCUT2D eigenvalue weighted by Gasteiger charge is -2.11. The summed E-state index contributed by atoms with van der Waals surface area (Å²) in [7, 11) is 0. The summed E-state index contributed by atoms with van der Waals surface area (Å²) < 4.78 is 0. The first-order chi connectivity index (χ1) is 10.2. The minimum Gasteiger partial charge on any atom is -0.381 e. The molecule has 3 rings (SSSR count). The number of nitrogens with two attached hydrogens (primary N) is 1. The van der Waals surface area contributed by atoms with Crippen molar-refractivity contribution in [1.82, 2.24) is 0 Å². The number of carbonyl (C=O) groups excluding carboxylic acids is 1. The lowest BCUT2D eigenvalue weighted by atomic mass is 10.1. The monoisotopic (exact) mass is 280 g/mol. The van der Waals surface area contributed by atoms with Crippen LogP contribution in [-0.2, 0) is 17.8 Å². The van der Waals surface area contributed by atoms with E-state index < -0.39 is 0 Å². The Morgan fingerprint density at radius 2 is 1.81 bits per heavy atom. The second kappa shape index (κ2) is 6.00. The van der Waals surface area contributed by atoms with E-state index in [0.29, 0.717) is 0 Å². The molecule has 2 aromatic carbocycles. The average Bonchev–Trinajstić information content (AvgIpc) is 3.31. The molecule has 1 amide bonds. The van der Waals surface area contributed by atoms with E-state index in [2.05, 4.69) is 29.6 Å². The Bertz CT molecular complexity index is 630. The van der Waals surface area contributed by atoms with Gasteiger partial charge >= 0.3 is 0 Å². The molecule has 0 bridgehead atoms. The summed E-state index contributed by atoms with van der Waals surface area (Å²) in [6.45, 7) is 0.751. The highest BCUT2D eigenvalue weighted by Crippen LogP contribution is 2.39. The van der Waals surface area contributed by atoms with E-state index >= 15 is 0 Å². The van der Waals surface area contributed by atoms with Crippen LogP contribution in [0.3, 0.4) is 0 Å². The van der Waals surface area contributed by atoms with Crippen molar-refractivity contribution < 1.29 is 4.79 Å². The maximum atomic E-state index is 11.1. The maximum Gasteiger partial charge on any atom is 0.221 e. The van der Waals surface area contributed by atoms with Crippen LogP contribution in [0, 0.1) is 0 Å². The van der Waals surface area contributed by atoms with E-state index in [-0.39, 0.29) is 12.3 Å². The molecule has 108 valence electrons. The number of carbonyl (C=O) groups is 1.